The van der Waals surface area contributed by atoms with Crippen molar-refractivity contribution in [2.45, 2.75) is 69.3 Å². The molecule has 0 radical (unpaired) electrons. The van der Waals surface area contributed by atoms with Crippen LogP contribution in [-0.4, -0.2) is 74.9 Å². The lowest BCUT2D eigenvalue weighted by molar-refractivity contribution is -0.334. The Labute approximate surface area is 271 Å². The number of rotatable bonds is 10. The number of hydrogen-bond donors (Lipinski definition) is 0. The molecule has 2 saturated heterocycles. The number of esters is 4. The van der Waals surface area contributed by atoms with Gasteiger partial charge in [-0.1, -0.05) is 29.8 Å². The molecule has 0 aliphatic carbocycles. The average molecular weight is 709 g/mol. The number of carbonyl (C=O) groups excluding carboxylic acids is 4. The second-order valence-corrected chi connectivity index (χ2v) is 12.6. The van der Waals surface area contributed by atoms with E-state index in [2.05, 4.69) is 4.18 Å². The molecule has 5 atom stereocenters. The molecule has 18 heteroatoms. The SMILES string of the molecule is CC(=O)OC[C@@]12CO[C@@](c3ccc(Cl)c(Cc4ccc(OS(=O)(=O)C(F)(F)F)cc4)c3)(O1)[C@H](OC(C)=O)[C@@H](OC(C)=O)[C@@H]2OC(C)=O. The Hall–Kier alpha value is -3.93. The van der Waals surface area contributed by atoms with Gasteiger partial charge in [-0.15, -0.1) is 0 Å². The first kappa shape index (κ1) is 35.9. The first-order valence-electron chi connectivity index (χ1n) is 13.7. The molecule has 2 aromatic carbocycles. The van der Waals surface area contributed by atoms with Gasteiger partial charge in [0, 0.05) is 38.3 Å². The Morgan fingerprint density at radius 3 is 2.04 bits per heavy atom. The predicted molar refractivity (Wildman–Crippen MR) is 151 cm³/mol. The van der Waals surface area contributed by atoms with Gasteiger partial charge in [0.25, 0.3) is 0 Å². The zero-order valence-electron chi connectivity index (χ0n) is 25.1. The molecule has 4 rings (SSSR count). The number of benzene rings is 2. The lowest BCUT2D eigenvalue weighted by atomic mass is 9.83. The van der Waals surface area contributed by atoms with Crippen molar-refractivity contribution < 1.29 is 73.4 Å². The van der Waals surface area contributed by atoms with E-state index in [-0.39, 0.29) is 17.0 Å². The minimum atomic E-state index is -5.88. The molecule has 2 heterocycles. The van der Waals surface area contributed by atoms with Gasteiger partial charge in [0.2, 0.25) is 11.9 Å². The van der Waals surface area contributed by atoms with Crippen LogP contribution in [0.4, 0.5) is 13.2 Å². The Balaban J connectivity index is 1.77. The van der Waals surface area contributed by atoms with E-state index in [1.807, 2.05) is 0 Å². The van der Waals surface area contributed by atoms with Gasteiger partial charge in [-0.3, -0.25) is 19.2 Å². The number of ether oxygens (including phenoxy) is 6. The maximum atomic E-state index is 12.7. The van der Waals surface area contributed by atoms with Crippen molar-refractivity contribution in [3.8, 4) is 5.75 Å². The second kappa shape index (κ2) is 13.3. The summed E-state index contributed by atoms with van der Waals surface area (Å²) in [6.07, 6.45) is -4.54. The summed E-state index contributed by atoms with van der Waals surface area (Å²) in [7, 11) is -5.88. The molecule has 13 nitrogen and oxygen atoms in total. The molecular formula is C29H28ClF3O13S. The molecule has 0 N–H and O–H groups in total. The summed E-state index contributed by atoms with van der Waals surface area (Å²) >= 11 is 6.48. The van der Waals surface area contributed by atoms with Crippen molar-refractivity contribution in [2.75, 3.05) is 13.2 Å². The summed E-state index contributed by atoms with van der Waals surface area (Å²) in [4.78, 5) is 48.7. The molecule has 0 unspecified atom stereocenters. The maximum Gasteiger partial charge on any atom is 0.534 e. The molecular weight excluding hydrogens is 681 g/mol. The lowest BCUT2D eigenvalue weighted by Crippen LogP contribution is -2.68. The largest absolute Gasteiger partial charge is 0.534 e. The molecule has 2 aromatic rings. The van der Waals surface area contributed by atoms with E-state index < -0.39 is 88.2 Å². The molecule has 0 spiro atoms. The van der Waals surface area contributed by atoms with Crippen molar-refractivity contribution in [3.63, 3.8) is 0 Å². The molecule has 2 aliphatic rings. The Kier molecular flexibility index (Phi) is 10.2. The smallest absolute Gasteiger partial charge is 0.463 e. The van der Waals surface area contributed by atoms with Crippen LogP contribution in [0.2, 0.25) is 5.02 Å². The van der Waals surface area contributed by atoms with E-state index in [9.17, 15) is 40.8 Å². The van der Waals surface area contributed by atoms with Crippen LogP contribution in [0.25, 0.3) is 0 Å². The summed E-state index contributed by atoms with van der Waals surface area (Å²) in [5, 5.41) is 0.212. The van der Waals surface area contributed by atoms with Crippen LogP contribution in [0.1, 0.15) is 44.4 Å². The molecule has 0 saturated carbocycles. The zero-order chi connectivity index (χ0) is 34.9. The van der Waals surface area contributed by atoms with Gasteiger partial charge in [0.15, 0.2) is 17.8 Å². The van der Waals surface area contributed by atoms with Crippen LogP contribution in [0.5, 0.6) is 5.75 Å². The maximum absolute atomic E-state index is 12.7. The number of alkyl halides is 3. The van der Waals surface area contributed by atoms with Gasteiger partial charge in [0.05, 0.1) is 6.61 Å². The number of hydrogen-bond acceptors (Lipinski definition) is 13. The normalized spacial score (nSPS) is 25.4. The monoisotopic (exact) mass is 708 g/mol. The fraction of sp³-hybridized carbons (Fsp3) is 0.448. The highest BCUT2D eigenvalue weighted by Crippen LogP contribution is 2.53. The fourth-order valence-corrected chi connectivity index (χ4v) is 5.85. The summed E-state index contributed by atoms with van der Waals surface area (Å²) in [5.74, 6) is -5.83. The van der Waals surface area contributed by atoms with Gasteiger partial charge in [-0.25, -0.2) is 0 Å². The summed E-state index contributed by atoms with van der Waals surface area (Å²) < 4.78 is 99.4. The van der Waals surface area contributed by atoms with E-state index in [0.29, 0.717) is 11.1 Å². The molecule has 0 amide bonds. The van der Waals surface area contributed by atoms with Crippen LogP contribution >= 0.6 is 11.6 Å². The summed E-state index contributed by atoms with van der Waals surface area (Å²) in [5.41, 5.74) is -6.33. The number of fused-ring (bicyclic) bond motifs is 2. The van der Waals surface area contributed by atoms with Gasteiger partial charge in [-0.2, -0.15) is 21.6 Å². The highest BCUT2D eigenvalue weighted by atomic mass is 35.5. The van der Waals surface area contributed by atoms with Gasteiger partial charge in [-0.05, 0) is 41.8 Å². The highest BCUT2D eigenvalue weighted by Gasteiger charge is 2.72. The van der Waals surface area contributed by atoms with Crippen molar-refractivity contribution in [1.29, 1.82) is 0 Å². The molecule has 47 heavy (non-hydrogen) atoms. The standard InChI is InChI=1S/C29H28ClF3O13S/c1-15(34)40-13-27-14-41-28(46-27,26(44-18(4)37)24(42-16(2)35)25(27)43-17(3)36)21-7-10-23(30)20(12-21)11-19-5-8-22(9-6-19)45-47(38,39)29(31,32)33/h5-10,12,24-26H,11,13-14H2,1-4H3/t24-,25-,26+,27-,28-/m0/s1. The Morgan fingerprint density at radius 2 is 1.49 bits per heavy atom. The number of halogens is 4. The van der Waals surface area contributed by atoms with Crippen LogP contribution in [0, 0.1) is 0 Å². The van der Waals surface area contributed by atoms with Gasteiger partial charge in [0.1, 0.15) is 12.4 Å². The third-order valence-corrected chi connectivity index (χ3v) is 8.39. The molecule has 256 valence electrons. The fourth-order valence-electron chi connectivity index (χ4n) is 5.20. The first-order valence-corrected chi connectivity index (χ1v) is 15.4. The summed E-state index contributed by atoms with van der Waals surface area (Å²) in [6, 6.07) is 9.12. The van der Waals surface area contributed by atoms with E-state index in [1.165, 1.54) is 30.3 Å². The van der Waals surface area contributed by atoms with Crippen molar-refractivity contribution in [1.82, 2.24) is 0 Å². The zero-order valence-corrected chi connectivity index (χ0v) is 26.7. The topological polar surface area (TPSA) is 167 Å². The van der Waals surface area contributed by atoms with Gasteiger partial charge < -0.3 is 32.6 Å². The molecule has 2 bridgehead atoms. The third kappa shape index (κ3) is 7.63. The van der Waals surface area contributed by atoms with Crippen molar-refractivity contribution >= 4 is 45.6 Å². The quantitative estimate of drug-likeness (QED) is 0.153. The second-order valence-electron chi connectivity index (χ2n) is 10.6. The predicted octanol–water partition coefficient (Wildman–Crippen LogP) is 3.47. The molecule has 2 aliphatic heterocycles. The van der Waals surface area contributed by atoms with E-state index >= 15 is 0 Å². The highest BCUT2D eigenvalue weighted by molar-refractivity contribution is 7.88. The van der Waals surface area contributed by atoms with Crippen LogP contribution in [0.3, 0.4) is 0 Å². The van der Waals surface area contributed by atoms with Gasteiger partial charge >= 0.3 is 39.5 Å². The molecule has 0 aromatic heterocycles. The van der Waals surface area contributed by atoms with E-state index in [1.54, 1.807) is 0 Å². The van der Waals surface area contributed by atoms with Crippen molar-refractivity contribution in [3.05, 3.63) is 64.2 Å². The lowest BCUT2D eigenvalue weighted by Gasteiger charge is -2.49. The Morgan fingerprint density at radius 1 is 0.894 bits per heavy atom. The summed E-state index contributed by atoms with van der Waals surface area (Å²) in [6.45, 7) is 3.46. The minimum Gasteiger partial charge on any atom is -0.463 e. The van der Waals surface area contributed by atoms with Crippen LogP contribution < -0.4 is 4.18 Å². The van der Waals surface area contributed by atoms with E-state index in [0.717, 1.165) is 39.8 Å². The van der Waals surface area contributed by atoms with Crippen molar-refractivity contribution in [2.24, 2.45) is 0 Å². The number of carbonyl (C=O) groups is 4. The third-order valence-electron chi connectivity index (χ3n) is 7.04. The molecule has 2 fully saturated rings. The first-order chi connectivity index (χ1) is 21.8. The van der Waals surface area contributed by atoms with Crippen LogP contribution in [-0.2, 0) is 69.9 Å². The Bertz CT molecular complexity index is 1660. The minimum absolute atomic E-state index is 0.0370. The average Bonchev–Trinajstić information content (AvgIpc) is 3.31. The van der Waals surface area contributed by atoms with E-state index in [4.69, 9.17) is 40.0 Å². The van der Waals surface area contributed by atoms with Crippen LogP contribution in [0.15, 0.2) is 42.5 Å².